The van der Waals surface area contributed by atoms with Crippen molar-refractivity contribution >= 4 is 28.6 Å². The summed E-state index contributed by atoms with van der Waals surface area (Å²) in [5.74, 6) is 1.61. The van der Waals surface area contributed by atoms with E-state index in [0.717, 1.165) is 29.1 Å². The second kappa shape index (κ2) is 10.1. The van der Waals surface area contributed by atoms with E-state index < -0.39 is 0 Å². The highest BCUT2D eigenvalue weighted by molar-refractivity contribution is 5.92. The zero-order chi connectivity index (χ0) is 23.2. The van der Waals surface area contributed by atoms with E-state index in [-0.39, 0.29) is 11.6 Å². The van der Waals surface area contributed by atoms with Crippen molar-refractivity contribution in [2.75, 3.05) is 25.6 Å². The third kappa shape index (κ3) is 5.30. The van der Waals surface area contributed by atoms with Gasteiger partial charge in [-0.1, -0.05) is 19.1 Å². The first-order valence-electron chi connectivity index (χ1n) is 10.8. The molecule has 0 spiro atoms. The van der Waals surface area contributed by atoms with Crippen molar-refractivity contribution in [3.8, 4) is 11.5 Å². The van der Waals surface area contributed by atoms with Gasteiger partial charge < -0.3 is 24.7 Å². The molecule has 4 rings (SSSR count). The lowest BCUT2D eigenvalue weighted by Gasteiger charge is -2.08. The number of benzene rings is 2. The van der Waals surface area contributed by atoms with Gasteiger partial charge in [0, 0.05) is 44.7 Å². The van der Waals surface area contributed by atoms with Crippen LogP contribution in [-0.2, 0) is 18.2 Å². The third-order valence-corrected chi connectivity index (χ3v) is 5.26. The summed E-state index contributed by atoms with van der Waals surface area (Å²) in [6, 6.07) is 17.4. The fraction of sp³-hybridized carbons (Fsp3) is 0.240. The van der Waals surface area contributed by atoms with Crippen LogP contribution in [0.2, 0.25) is 0 Å². The second-order valence-electron chi connectivity index (χ2n) is 7.55. The molecule has 1 amide bonds. The van der Waals surface area contributed by atoms with Crippen LogP contribution in [0.5, 0.6) is 11.5 Å². The quantitative estimate of drug-likeness (QED) is 0.370. The van der Waals surface area contributed by atoms with Crippen LogP contribution >= 0.6 is 0 Å². The Labute approximate surface area is 192 Å². The Balaban J connectivity index is 1.50. The molecule has 2 heterocycles. The van der Waals surface area contributed by atoms with Crippen molar-refractivity contribution in [2.24, 2.45) is 7.05 Å². The maximum Gasteiger partial charge on any atom is 0.270 e. The van der Waals surface area contributed by atoms with E-state index in [1.54, 1.807) is 25.4 Å². The number of carbonyl (C=O) groups is 1. The lowest BCUT2D eigenvalue weighted by Crippen LogP contribution is -2.27. The summed E-state index contributed by atoms with van der Waals surface area (Å²) in [6.45, 7) is 2.99. The molecule has 0 aliphatic heterocycles. The summed E-state index contributed by atoms with van der Waals surface area (Å²) in [5.41, 5.74) is 4.33. The van der Waals surface area contributed by atoms with Gasteiger partial charge >= 0.3 is 0 Å². The monoisotopic (exact) mass is 445 g/mol. The van der Waals surface area contributed by atoms with E-state index in [9.17, 15) is 4.79 Å². The van der Waals surface area contributed by atoms with Gasteiger partial charge in [0.1, 0.15) is 17.2 Å². The van der Waals surface area contributed by atoms with Crippen molar-refractivity contribution in [2.45, 2.75) is 13.3 Å². The number of rotatable bonds is 9. The molecule has 0 saturated carbocycles. The van der Waals surface area contributed by atoms with Crippen LogP contribution in [0.15, 0.2) is 60.8 Å². The summed E-state index contributed by atoms with van der Waals surface area (Å²) in [6.07, 6.45) is 2.55. The highest BCUT2D eigenvalue weighted by Gasteiger charge is 2.11. The Morgan fingerprint density at radius 2 is 1.85 bits per heavy atom. The largest absolute Gasteiger partial charge is 0.457 e. The third-order valence-electron chi connectivity index (χ3n) is 5.26. The fourth-order valence-electron chi connectivity index (χ4n) is 3.40. The first kappa shape index (κ1) is 22.3. The minimum Gasteiger partial charge on any atom is -0.457 e. The van der Waals surface area contributed by atoms with Gasteiger partial charge in [-0.3, -0.25) is 9.78 Å². The minimum atomic E-state index is -0.277. The first-order chi connectivity index (χ1) is 16.1. The summed E-state index contributed by atoms with van der Waals surface area (Å²) in [7, 11) is 3.55. The molecule has 0 aliphatic carbocycles. The Hall–Kier alpha value is -3.91. The van der Waals surface area contributed by atoms with E-state index in [4.69, 9.17) is 14.5 Å². The smallest absolute Gasteiger partial charge is 0.270 e. The topological polar surface area (TPSA) is 90.3 Å². The average Bonchev–Trinajstić information content (AvgIpc) is 3.14. The predicted octanol–water partition coefficient (Wildman–Crippen LogP) is 4.44. The molecule has 8 nitrogen and oxygen atoms in total. The number of hydrogen-bond acceptors (Lipinski definition) is 6. The number of anilines is 2. The Bertz CT molecular complexity index is 1250. The molecule has 0 bridgehead atoms. The molecule has 2 aromatic heterocycles. The zero-order valence-corrected chi connectivity index (χ0v) is 19.0. The maximum absolute atomic E-state index is 12.2. The number of fused-ring (bicyclic) bond motifs is 1. The molecule has 170 valence electrons. The van der Waals surface area contributed by atoms with Gasteiger partial charge in [-0.15, -0.1) is 0 Å². The van der Waals surface area contributed by atoms with Crippen molar-refractivity contribution < 1.29 is 14.3 Å². The Morgan fingerprint density at radius 1 is 1.06 bits per heavy atom. The lowest BCUT2D eigenvalue weighted by molar-refractivity contribution is 0.0932. The van der Waals surface area contributed by atoms with Gasteiger partial charge in [0.2, 0.25) is 5.95 Å². The van der Waals surface area contributed by atoms with Crippen molar-refractivity contribution in [1.82, 2.24) is 19.9 Å². The van der Waals surface area contributed by atoms with E-state index in [0.29, 0.717) is 24.7 Å². The molecule has 0 aliphatic rings. The molecular formula is C25H27N5O3. The summed E-state index contributed by atoms with van der Waals surface area (Å²) >= 11 is 0. The number of nitrogens with zero attached hydrogens (tertiary/aromatic N) is 3. The van der Waals surface area contributed by atoms with Crippen LogP contribution < -0.4 is 15.4 Å². The van der Waals surface area contributed by atoms with E-state index in [1.165, 1.54) is 5.56 Å². The highest BCUT2D eigenvalue weighted by atomic mass is 16.5. The Morgan fingerprint density at radius 3 is 2.61 bits per heavy atom. The number of methoxy groups -OCH3 is 1. The van der Waals surface area contributed by atoms with E-state index in [1.807, 2.05) is 29.8 Å². The molecular weight excluding hydrogens is 418 g/mol. The zero-order valence-electron chi connectivity index (χ0n) is 19.0. The Kier molecular flexibility index (Phi) is 6.85. The number of carbonyl (C=O) groups excluding carboxylic acids is 1. The van der Waals surface area contributed by atoms with Crippen LogP contribution in [0.3, 0.4) is 0 Å². The summed E-state index contributed by atoms with van der Waals surface area (Å²) in [4.78, 5) is 21.1. The number of imidazole rings is 1. The van der Waals surface area contributed by atoms with Gasteiger partial charge in [-0.2, -0.15) is 0 Å². The molecule has 0 atom stereocenters. The molecule has 0 unspecified atom stereocenters. The normalized spacial score (nSPS) is 10.9. The minimum absolute atomic E-state index is 0.277. The summed E-state index contributed by atoms with van der Waals surface area (Å²) < 4.78 is 12.9. The van der Waals surface area contributed by atoms with Crippen molar-refractivity contribution in [3.05, 3.63) is 72.1 Å². The first-order valence-corrected chi connectivity index (χ1v) is 10.8. The lowest BCUT2D eigenvalue weighted by atomic mass is 10.1. The molecule has 0 fully saturated rings. The van der Waals surface area contributed by atoms with Crippen LogP contribution in [0.25, 0.3) is 11.0 Å². The fourth-order valence-corrected chi connectivity index (χ4v) is 3.40. The van der Waals surface area contributed by atoms with Gasteiger partial charge in [-0.25, -0.2) is 4.98 Å². The van der Waals surface area contributed by atoms with Gasteiger partial charge in [0.05, 0.1) is 17.6 Å². The van der Waals surface area contributed by atoms with Crippen LogP contribution in [0.1, 0.15) is 23.0 Å². The van der Waals surface area contributed by atoms with Crippen LogP contribution in [0.4, 0.5) is 11.6 Å². The molecule has 8 heteroatoms. The number of nitrogens with one attached hydrogen (secondary N) is 2. The number of amides is 1. The highest BCUT2D eigenvalue weighted by Crippen LogP contribution is 2.28. The molecule has 0 radical (unpaired) electrons. The van der Waals surface area contributed by atoms with Gasteiger partial charge in [0.15, 0.2) is 0 Å². The SMILES string of the molecule is CCc1ccc(Nc2nc3cc(Oc4ccnc(C(=O)NCCOC)c4)ccc3n2C)cc1. The number of aromatic nitrogens is 3. The molecule has 0 saturated heterocycles. The average molecular weight is 446 g/mol. The molecule has 33 heavy (non-hydrogen) atoms. The summed E-state index contributed by atoms with van der Waals surface area (Å²) in [5, 5.41) is 6.12. The van der Waals surface area contributed by atoms with Gasteiger partial charge in [-0.05, 0) is 42.3 Å². The number of aryl methyl sites for hydroxylation is 2. The van der Waals surface area contributed by atoms with Crippen molar-refractivity contribution in [1.29, 1.82) is 0 Å². The molecule has 2 aromatic carbocycles. The maximum atomic E-state index is 12.2. The number of ether oxygens (including phenoxy) is 2. The van der Waals surface area contributed by atoms with E-state index in [2.05, 4.69) is 46.8 Å². The van der Waals surface area contributed by atoms with E-state index >= 15 is 0 Å². The number of hydrogen-bond donors (Lipinski definition) is 2. The standard InChI is InChI=1S/C25H27N5O3/c1-4-17-5-7-18(8-6-17)28-25-29-21-15-19(9-10-23(21)30(25)2)33-20-11-12-26-22(16-20)24(31)27-13-14-32-3/h5-12,15-16H,4,13-14H2,1-3H3,(H,27,31)(H,28,29). The number of pyridine rings is 1. The van der Waals surface area contributed by atoms with Gasteiger partial charge in [0.25, 0.3) is 5.91 Å². The molecule has 4 aromatic rings. The van der Waals surface area contributed by atoms with Crippen LogP contribution in [0, 0.1) is 0 Å². The van der Waals surface area contributed by atoms with Crippen LogP contribution in [-0.4, -0.2) is 40.7 Å². The second-order valence-corrected chi connectivity index (χ2v) is 7.55. The predicted molar refractivity (Wildman–Crippen MR) is 128 cm³/mol. The molecule has 2 N–H and O–H groups in total. The van der Waals surface area contributed by atoms with Crippen molar-refractivity contribution in [3.63, 3.8) is 0 Å².